The first-order valence-corrected chi connectivity index (χ1v) is 11.5. The number of rotatable bonds is 8. The Labute approximate surface area is 187 Å². The third-order valence-corrected chi connectivity index (χ3v) is 6.74. The Balaban J connectivity index is 1.50. The number of H-pyrrole nitrogens is 1. The fourth-order valence-corrected chi connectivity index (χ4v) is 4.97. The van der Waals surface area contributed by atoms with Gasteiger partial charge in [-0.05, 0) is 44.8 Å². The van der Waals surface area contributed by atoms with Crippen LogP contribution in [0.25, 0.3) is 11.3 Å². The minimum Gasteiger partial charge on any atom is -0.369 e. The maximum absolute atomic E-state index is 13.4. The maximum Gasteiger partial charge on any atom is 0.238 e. The van der Waals surface area contributed by atoms with E-state index in [1.54, 1.807) is 6.07 Å². The molecule has 2 heterocycles. The molecule has 1 aliphatic heterocycles. The Hall–Kier alpha value is -3.00. The molecule has 1 aromatic carbocycles. The van der Waals surface area contributed by atoms with Gasteiger partial charge in [0.25, 0.3) is 0 Å². The highest BCUT2D eigenvalue weighted by atomic mass is 16.2. The van der Waals surface area contributed by atoms with E-state index in [4.69, 9.17) is 5.73 Å². The average molecular weight is 438 g/mol. The number of carbonyl (C=O) groups is 3. The average Bonchev–Trinajstić information content (AvgIpc) is 3.33. The Kier molecular flexibility index (Phi) is 6.41. The highest BCUT2D eigenvalue weighted by molar-refractivity contribution is 6.25. The van der Waals surface area contributed by atoms with E-state index >= 15 is 0 Å². The van der Waals surface area contributed by atoms with E-state index in [2.05, 4.69) is 29.4 Å². The minimum absolute atomic E-state index is 0.0773. The van der Waals surface area contributed by atoms with Gasteiger partial charge >= 0.3 is 0 Å². The lowest BCUT2D eigenvalue weighted by atomic mass is 9.93. The van der Waals surface area contributed by atoms with Crippen LogP contribution in [0.3, 0.4) is 0 Å². The molecule has 1 aliphatic carbocycles. The van der Waals surface area contributed by atoms with E-state index in [1.807, 2.05) is 17.0 Å². The normalized spacial score (nSPS) is 17.1. The molecule has 32 heavy (non-hydrogen) atoms. The second-order valence-electron chi connectivity index (χ2n) is 8.81. The summed E-state index contributed by atoms with van der Waals surface area (Å²) in [4.78, 5) is 39.5. The smallest absolute Gasteiger partial charge is 0.238 e. The van der Waals surface area contributed by atoms with E-state index in [1.165, 1.54) is 0 Å². The lowest BCUT2D eigenvalue weighted by Crippen LogP contribution is -2.42. The van der Waals surface area contributed by atoms with Crippen LogP contribution in [0.4, 0.5) is 5.69 Å². The summed E-state index contributed by atoms with van der Waals surface area (Å²) in [6.45, 7) is 5.79. The van der Waals surface area contributed by atoms with Crippen molar-refractivity contribution in [2.75, 3.05) is 25.0 Å². The van der Waals surface area contributed by atoms with Crippen molar-refractivity contribution in [3.8, 4) is 11.3 Å². The molecule has 1 aromatic heterocycles. The van der Waals surface area contributed by atoms with Gasteiger partial charge in [0.15, 0.2) is 5.78 Å². The van der Waals surface area contributed by atoms with Crippen LogP contribution >= 0.6 is 0 Å². The summed E-state index contributed by atoms with van der Waals surface area (Å²) in [6, 6.07) is 5.49. The molecule has 2 aliphatic rings. The van der Waals surface area contributed by atoms with Gasteiger partial charge in [0.2, 0.25) is 11.8 Å². The lowest BCUT2D eigenvalue weighted by molar-refractivity contribution is -0.123. The van der Waals surface area contributed by atoms with Gasteiger partial charge in [0, 0.05) is 17.4 Å². The molecule has 2 aromatic rings. The molecule has 1 fully saturated rings. The third kappa shape index (κ3) is 4.07. The minimum atomic E-state index is -0.270. The van der Waals surface area contributed by atoms with Crippen molar-refractivity contribution in [1.82, 2.24) is 15.1 Å². The highest BCUT2D eigenvalue weighted by Gasteiger charge is 2.36. The summed E-state index contributed by atoms with van der Waals surface area (Å²) >= 11 is 0. The van der Waals surface area contributed by atoms with Crippen molar-refractivity contribution in [3.05, 3.63) is 35.0 Å². The van der Waals surface area contributed by atoms with Crippen LogP contribution in [0.1, 0.15) is 73.5 Å². The van der Waals surface area contributed by atoms with Gasteiger partial charge in [-0.2, -0.15) is 5.10 Å². The number of primary amides is 1. The van der Waals surface area contributed by atoms with Crippen molar-refractivity contribution < 1.29 is 14.4 Å². The van der Waals surface area contributed by atoms with Crippen LogP contribution in [0.5, 0.6) is 0 Å². The zero-order chi connectivity index (χ0) is 22.8. The Morgan fingerprint density at radius 3 is 2.66 bits per heavy atom. The van der Waals surface area contributed by atoms with Gasteiger partial charge in [-0.25, -0.2) is 0 Å². The molecule has 0 saturated carbocycles. The van der Waals surface area contributed by atoms with E-state index in [9.17, 15) is 14.4 Å². The standard InChI is InChI=1S/C24H31N5O3/c1-3-6-14(4-2)21-20-22(28-27-21)16-7-5-8-17(19(16)23(20)31)26-18(30)13-29-11-9-15(10-12-29)24(25)32/h5,7-8,14-15H,3-4,6,9-13H2,1-2H3,(H2,25,32)(H,26,30)(H,27,28). The van der Waals surface area contributed by atoms with Gasteiger partial charge in [-0.1, -0.05) is 32.4 Å². The Morgan fingerprint density at radius 1 is 1.25 bits per heavy atom. The van der Waals surface area contributed by atoms with E-state index in [0.29, 0.717) is 48.4 Å². The quantitative estimate of drug-likeness (QED) is 0.500. The number of nitrogens with two attached hydrogens (primary N) is 1. The third-order valence-electron chi connectivity index (χ3n) is 6.74. The molecule has 4 N–H and O–H groups in total. The predicted octanol–water partition coefficient (Wildman–Crippen LogP) is 3.05. The number of nitrogens with zero attached hydrogens (tertiary/aromatic N) is 2. The molecule has 1 saturated heterocycles. The summed E-state index contributed by atoms with van der Waals surface area (Å²) < 4.78 is 0. The largest absolute Gasteiger partial charge is 0.369 e. The number of hydrogen-bond acceptors (Lipinski definition) is 5. The van der Waals surface area contributed by atoms with Crippen molar-refractivity contribution >= 4 is 23.3 Å². The summed E-state index contributed by atoms with van der Waals surface area (Å²) in [5.41, 5.74) is 9.43. The molecule has 8 nitrogen and oxygen atoms in total. The number of aromatic amines is 1. The first-order valence-electron chi connectivity index (χ1n) is 11.5. The van der Waals surface area contributed by atoms with E-state index in [0.717, 1.165) is 30.5 Å². The van der Waals surface area contributed by atoms with E-state index in [-0.39, 0.29) is 36.0 Å². The number of aromatic nitrogens is 2. The monoisotopic (exact) mass is 437 g/mol. The van der Waals surface area contributed by atoms with Crippen LogP contribution in [0, 0.1) is 5.92 Å². The number of benzene rings is 1. The Morgan fingerprint density at radius 2 is 2.00 bits per heavy atom. The van der Waals surface area contributed by atoms with E-state index < -0.39 is 0 Å². The van der Waals surface area contributed by atoms with Crippen LogP contribution < -0.4 is 11.1 Å². The first-order chi connectivity index (χ1) is 15.4. The SMILES string of the molecule is CCCC(CC)c1[nH]nc2c1C(=O)c1c(NC(=O)CN3CCC(C(N)=O)CC3)cccc1-2. The van der Waals surface area contributed by atoms with Gasteiger partial charge < -0.3 is 11.1 Å². The van der Waals surface area contributed by atoms with Gasteiger partial charge in [0.1, 0.15) is 5.69 Å². The number of amides is 2. The number of hydrogen-bond donors (Lipinski definition) is 3. The second-order valence-corrected chi connectivity index (χ2v) is 8.81. The second kappa shape index (κ2) is 9.24. The van der Waals surface area contributed by atoms with Crippen LogP contribution in [-0.2, 0) is 9.59 Å². The number of piperidine rings is 1. The molecule has 2 amide bonds. The zero-order valence-electron chi connectivity index (χ0n) is 18.7. The topological polar surface area (TPSA) is 121 Å². The summed E-state index contributed by atoms with van der Waals surface area (Å²) in [5.74, 6) is -0.372. The molecular formula is C24H31N5O3. The van der Waals surface area contributed by atoms with Crippen LogP contribution in [-0.4, -0.2) is 52.3 Å². The molecule has 8 heteroatoms. The molecule has 0 spiro atoms. The number of fused-ring (bicyclic) bond motifs is 3. The molecule has 0 radical (unpaired) electrons. The molecule has 1 atom stereocenters. The van der Waals surface area contributed by atoms with Gasteiger partial charge in [-0.3, -0.25) is 24.4 Å². The maximum atomic E-state index is 13.4. The van der Waals surface area contributed by atoms with Gasteiger partial charge in [-0.15, -0.1) is 0 Å². The Bertz CT molecular complexity index is 1040. The fourth-order valence-electron chi connectivity index (χ4n) is 4.97. The number of carbonyl (C=O) groups excluding carboxylic acids is 3. The van der Waals surface area contributed by atoms with Crippen molar-refractivity contribution in [2.45, 2.75) is 51.9 Å². The first kappa shape index (κ1) is 22.2. The van der Waals surface area contributed by atoms with Crippen LogP contribution in [0.2, 0.25) is 0 Å². The number of ketones is 1. The van der Waals surface area contributed by atoms with Gasteiger partial charge in [0.05, 0.1) is 29.1 Å². The number of nitrogens with one attached hydrogen (secondary N) is 2. The molecule has 170 valence electrons. The summed E-state index contributed by atoms with van der Waals surface area (Å²) in [7, 11) is 0. The number of anilines is 1. The number of likely N-dealkylation sites (tertiary alicyclic amines) is 1. The summed E-state index contributed by atoms with van der Waals surface area (Å²) in [6.07, 6.45) is 4.29. The molecule has 0 bridgehead atoms. The molecule has 1 unspecified atom stereocenters. The lowest BCUT2D eigenvalue weighted by Gasteiger charge is -2.29. The highest BCUT2D eigenvalue weighted by Crippen LogP contribution is 2.43. The zero-order valence-corrected chi connectivity index (χ0v) is 18.7. The van der Waals surface area contributed by atoms with Crippen molar-refractivity contribution in [2.24, 2.45) is 11.7 Å². The van der Waals surface area contributed by atoms with Crippen molar-refractivity contribution in [1.29, 1.82) is 0 Å². The summed E-state index contributed by atoms with van der Waals surface area (Å²) in [5, 5.41) is 10.5. The predicted molar refractivity (Wildman–Crippen MR) is 122 cm³/mol. The van der Waals surface area contributed by atoms with Crippen LogP contribution in [0.15, 0.2) is 18.2 Å². The molecule has 4 rings (SSSR count). The van der Waals surface area contributed by atoms with Crippen molar-refractivity contribution in [3.63, 3.8) is 0 Å². The fraction of sp³-hybridized carbons (Fsp3) is 0.500. The molecular weight excluding hydrogens is 406 g/mol.